The van der Waals surface area contributed by atoms with Crippen molar-refractivity contribution in [1.82, 2.24) is 0 Å². The highest BCUT2D eigenvalue weighted by Gasteiger charge is 2.19. The van der Waals surface area contributed by atoms with Crippen LogP contribution in [0.15, 0.2) is 53.5 Å². The lowest BCUT2D eigenvalue weighted by Crippen LogP contribution is -2.01. The highest BCUT2D eigenvalue weighted by atomic mass is 16.6. The number of hydrogen-bond donors (Lipinski definition) is 0. The Morgan fingerprint density at radius 2 is 1.63 bits per heavy atom. The van der Waals surface area contributed by atoms with Gasteiger partial charge in [0.25, 0.3) is 5.70 Å². The minimum Gasteiger partial charge on any atom is -0.258 e. The predicted molar refractivity (Wildman–Crippen MR) is 75.0 cm³/mol. The molecule has 1 aliphatic heterocycles. The van der Waals surface area contributed by atoms with Crippen LogP contribution < -0.4 is 0 Å². The normalized spacial score (nSPS) is 14.4. The molecule has 0 fully saturated rings. The Morgan fingerprint density at radius 3 is 2.42 bits per heavy atom. The molecule has 1 aliphatic rings. The molecule has 0 unspecified atom stereocenters. The number of nitrogens with zero attached hydrogens (tertiary/aromatic N) is 2. The Bertz CT molecular complexity index is 718. The van der Waals surface area contributed by atoms with Crippen LogP contribution in [-0.2, 0) is 0 Å². The molecule has 4 heteroatoms. The minimum absolute atomic E-state index is 0.0694. The van der Waals surface area contributed by atoms with Crippen LogP contribution >= 0.6 is 0 Å². The van der Waals surface area contributed by atoms with Crippen LogP contribution in [0.5, 0.6) is 0 Å². The number of fused-ring (bicyclic) bond motifs is 2. The van der Waals surface area contributed by atoms with Crippen LogP contribution in [0.3, 0.4) is 0 Å². The quantitative estimate of drug-likeness (QED) is 0.574. The van der Waals surface area contributed by atoms with Gasteiger partial charge < -0.3 is 0 Å². The fourth-order valence-corrected chi connectivity index (χ4v) is 2.08. The molecule has 0 saturated carbocycles. The maximum Gasteiger partial charge on any atom is 0.279 e. The number of benzene rings is 2. The smallest absolute Gasteiger partial charge is 0.258 e. The summed E-state index contributed by atoms with van der Waals surface area (Å²) in [6, 6.07) is 14.6. The van der Waals surface area contributed by atoms with Crippen molar-refractivity contribution in [3.63, 3.8) is 0 Å². The monoisotopic (exact) mass is 250 g/mol. The molecule has 0 spiro atoms. The maximum atomic E-state index is 11.3. The van der Waals surface area contributed by atoms with Crippen molar-refractivity contribution in [2.24, 2.45) is 4.99 Å². The van der Waals surface area contributed by atoms with E-state index in [0.29, 0.717) is 11.3 Å². The fraction of sp³-hybridized carbons (Fsp3) is 0. The number of para-hydroxylation sites is 1. The molecule has 0 radical (unpaired) electrons. The van der Waals surface area contributed by atoms with Crippen LogP contribution in [0, 0.1) is 10.1 Å². The molecule has 1 heterocycles. The van der Waals surface area contributed by atoms with Crippen LogP contribution in [0.2, 0.25) is 0 Å². The van der Waals surface area contributed by atoms with Gasteiger partial charge in [-0.2, -0.15) is 0 Å². The summed E-state index contributed by atoms with van der Waals surface area (Å²) in [5.74, 6) is 0. The van der Waals surface area contributed by atoms with Gasteiger partial charge in [0.1, 0.15) is 0 Å². The zero-order valence-corrected chi connectivity index (χ0v) is 9.98. The first-order valence-electron chi connectivity index (χ1n) is 5.84. The summed E-state index contributed by atoms with van der Waals surface area (Å²) in [7, 11) is 0. The molecular formula is C15H10N2O2. The van der Waals surface area contributed by atoms with Crippen molar-refractivity contribution in [3.05, 3.63) is 75.3 Å². The lowest BCUT2D eigenvalue weighted by atomic mass is 10.0. The Kier molecular flexibility index (Phi) is 2.68. The average Bonchev–Trinajstić information content (AvgIpc) is 2.41. The first-order chi connectivity index (χ1) is 9.25. The van der Waals surface area contributed by atoms with Gasteiger partial charge in [-0.3, -0.25) is 15.1 Å². The standard InChI is InChI=1S/C15H10N2O2/c18-17(19)15-9-11-5-1-2-6-12(11)10-16-14-8-4-3-7-13(14)15/h1-10H/b11-9?,12-10?,15-9?,15-13?,16-10-,16-14?. The molecular weight excluding hydrogens is 240 g/mol. The van der Waals surface area contributed by atoms with Gasteiger partial charge >= 0.3 is 0 Å². The fourth-order valence-electron chi connectivity index (χ4n) is 2.08. The van der Waals surface area contributed by atoms with Crippen molar-refractivity contribution >= 4 is 23.7 Å². The summed E-state index contributed by atoms with van der Waals surface area (Å²) in [6.07, 6.45) is 3.33. The third-order valence-electron chi connectivity index (χ3n) is 3.01. The van der Waals surface area contributed by atoms with Gasteiger partial charge in [0.2, 0.25) is 0 Å². The van der Waals surface area contributed by atoms with Crippen molar-refractivity contribution < 1.29 is 4.92 Å². The third-order valence-corrected chi connectivity index (χ3v) is 3.01. The van der Waals surface area contributed by atoms with Gasteiger partial charge in [0.15, 0.2) is 0 Å². The van der Waals surface area contributed by atoms with E-state index >= 15 is 0 Å². The Morgan fingerprint density at radius 1 is 0.947 bits per heavy atom. The van der Waals surface area contributed by atoms with Gasteiger partial charge in [0, 0.05) is 17.9 Å². The minimum atomic E-state index is -0.365. The first-order valence-corrected chi connectivity index (χ1v) is 5.84. The Balaban J connectivity index is 2.30. The molecule has 4 nitrogen and oxygen atoms in total. The van der Waals surface area contributed by atoms with Crippen molar-refractivity contribution in [3.8, 4) is 0 Å². The van der Waals surface area contributed by atoms with Gasteiger partial charge in [-0.1, -0.05) is 36.4 Å². The lowest BCUT2D eigenvalue weighted by molar-refractivity contribution is -0.374. The van der Waals surface area contributed by atoms with E-state index in [9.17, 15) is 10.1 Å². The molecule has 3 rings (SSSR count). The van der Waals surface area contributed by atoms with E-state index < -0.39 is 0 Å². The van der Waals surface area contributed by atoms with E-state index in [-0.39, 0.29) is 10.6 Å². The molecule has 0 atom stereocenters. The number of hydrogen-bond acceptors (Lipinski definition) is 3. The van der Waals surface area contributed by atoms with E-state index in [1.165, 1.54) is 0 Å². The zero-order chi connectivity index (χ0) is 13.2. The highest BCUT2D eigenvalue weighted by Crippen LogP contribution is 2.30. The van der Waals surface area contributed by atoms with Gasteiger partial charge in [-0.25, -0.2) is 0 Å². The summed E-state index contributed by atoms with van der Waals surface area (Å²) < 4.78 is 0. The van der Waals surface area contributed by atoms with Crippen LogP contribution in [0.1, 0.15) is 16.7 Å². The molecule has 0 amide bonds. The van der Waals surface area contributed by atoms with Gasteiger partial charge in [0.05, 0.1) is 16.2 Å². The second-order valence-corrected chi connectivity index (χ2v) is 4.19. The van der Waals surface area contributed by atoms with Crippen molar-refractivity contribution in [2.45, 2.75) is 0 Å². The predicted octanol–water partition coefficient (Wildman–Crippen LogP) is 3.53. The lowest BCUT2D eigenvalue weighted by Gasteiger charge is -2.08. The van der Waals surface area contributed by atoms with Crippen LogP contribution in [-0.4, -0.2) is 11.1 Å². The topological polar surface area (TPSA) is 55.5 Å². The van der Waals surface area contributed by atoms with E-state index in [1.807, 2.05) is 30.3 Å². The van der Waals surface area contributed by atoms with Crippen molar-refractivity contribution in [1.29, 1.82) is 0 Å². The Hall–Kier alpha value is -2.75. The molecule has 92 valence electrons. The number of nitro groups is 1. The summed E-state index contributed by atoms with van der Waals surface area (Å²) in [4.78, 5) is 15.3. The Labute approximate surface area is 109 Å². The summed E-state index contributed by atoms with van der Waals surface area (Å²) in [5, 5.41) is 11.3. The SMILES string of the molecule is O=[N+]([O-])C1=Cc2ccccc2/C=N\c2ccccc21. The molecule has 19 heavy (non-hydrogen) atoms. The van der Waals surface area contributed by atoms with Gasteiger partial charge in [-0.05, 0) is 17.7 Å². The molecule has 0 bridgehead atoms. The average molecular weight is 250 g/mol. The first kappa shape index (κ1) is 11.3. The second-order valence-electron chi connectivity index (χ2n) is 4.19. The molecule has 0 aliphatic carbocycles. The van der Waals surface area contributed by atoms with E-state index in [4.69, 9.17) is 0 Å². The van der Waals surface area contributed by atoms with Crippen LogP contribution in [0.25, 0.3) is 11.8 Å². The molecule has 0 N–H and O–H groups in total. The molecule has 0 saturated heterocycles. The largest absolute Gasteiger partial charge is 0.279 e. The third kappa shape index (κ3) is 2.04. The second kappa shape index (κ2) is 4.49. The van der Waals surface area contributed by atoms with Crippen molar-refractivity contribution in [2.75, 3.05) is 0 Å². The number of rotatable bonds is 1. The maximum absolute atomic E-state index is 11.3. The highest BCUT2D eigenvalue weighted by molar-refractivity contribution is 5.94. The zero-order valence-electron chi connectivity index (χ0n) is 9.98. The number of aliphatic imine (C=N–C) groups is 1. The van der Waals surface area contributed by atoms with Gasteiger partial charge in [-0.15, -0.1) is 0 Å². The molecule has 2 aromatic rings. The molecule has 2 aromatic carbocycles. The van der Waals surface area contributed by atoms with E-state index in [2.05, 4.69) is 4.99 Å². The summed E-state index contributed by atoms with van der Waals surface area (Å²) >= 11 is 0. The van der Waals surface area contributed by atoms with E-state index in [1.54, 1.807) is 30.5 Å². The van der Waals surface area contributed by atoms with E-state index in [0.717, 1.165) is 11.1 Å². The summed E-state index contributed by atoms with van der Waals surface area (Å²) in [5.41, 5.74) is 2.89. The molecule has 0 aromatic heterocycles. The summed E-state index contributed by atoms with van der Waals surface area (Å²) in [6.45, 7) is 0. The van der Waals surface area contributed by atoms with Crippen LogP contribution in [0.4, 0.5) is 5.69 Å².